The van der Waals surface area contributed by atoms with Gasteiger partial charge in [-0.15, -0.1) is 0 Å². The van der Waals surface area contributed by atoms with Crippen molar-refractivity contribution in [2.24, 2.45) is 0 Å². The van der Waals surface area contributed by atoms with Gasteiger partial charge in [-0.1, -0.05) is 12.1 Å². The molecule has 0 saturated heterocycles. The zero-order valence-corrected chi connectivity index (χ0v) is 10.4. The second kappa shape index (κ2) is 5.72. The lowest BCUT2D eigenvalue weighted by Gasteiger charge is -2.02. The van der Waals surface area contributed by atoms with Crippen molar-refractivity contribution in [3.63, 3.8) is 0 Å². The van der Waals surface area contributed by atoms with Gasteiger partial charge in [-0.2, -0.15) is 4.37 Å². The molecular weight excluding hydrogens is 237 g/mol. The average Bonchev–Trinajstić information content (AvgIpc) is 2.71. The molecule has 0 aliphatic rings. The summed E-state index contributed by atoms with van der Waals surface area (Å²) in [6, 6.07) is 6.73. The third-order valence-corrected chi connectivity index (χ3v) is 3.10. The summed E-state index contributed by atoms with van der Waals surface area (Å²) in [6.45, 7) is 2.69. The Bertz CT molecular complexity index is 484. The predicted molar refractivity (Wildman–Crippen MR) is 67.9 cm³/mol. The Kier molecular flexibility index (Phi) is 4.03. The lowest BCUT2D eigenvalue weighted by atomic mass is 10.1. The van der Waals surface area contributed by atoms with Crippen LogP contribution in [0.15, 0.2) is 24.3 Å². The first kappa shape index (κ1) is 12.0. The fourth-order valence-electron chi connectivity index (χ4n) is 1.55. The molecule has 17 heavy (non-hydrogen) atoms. The van der Waals surface area contributed by atoms with Crippen LogP contribution in [0.4, 0.5) is 9.52 Å². The first-order valence-corrected chi connectivity index (χ1v) is 6.30. The fourth-order valence-corrected chi connectivity index (χ4v) is 2.15. The van der Waals surface area contributed by atoms with Crippen LogP contribution in [0, 0.1) is 12.7 Å². The summed E-state index contributed by atoms with van der Waals surface area (Å²) in [5, 5.41) is 4.05. The van der Waals surface area contributed by atoms with Gasteiger partial charge in [-0.05, 0) is 37.5 Å². The van der Waals surface area contributed by atoms with Crippen molar-refractivity contribution in [3.8, 4) is 0 Å². The highest BCUT2D eigenvalue weighted by Crippen LogP contribution is 2.11. The van der Waals surface area contributed by atoms with Crippen LogP contribution in [-0.2, 0) is 6.42 Å². The van der Waals surface area contributed by atoms with E-state index in [0.29, 0.717) is 0 Å². The van der Waals surface area contributed by atoms with Crippen LogP contribution in [0.25, 0.3) is 0 Å². The Morgan fingerprint density at radius 3 is 3.00 bits per heavy atom. The number of halogens is 1. The molecule has 0 amide bonds. The number of hydrogen-bond donors (Lipinski definition) is 1. The van der Waals surface area contributed by atoms with E-state index in [1.165, 1.54) is 17.6 Å². The second-order valence-corrected chi connectivity index (χ2v) is 4.56. The summed E-state index contributed by atoms with van der Waals surface area (Å²) in [5.41, 5.74) is 1.03. The van der Waals surface area contributed by atoms with E-state index in [9.17, 15) is 4.39 Å². The third kappa shape index (κ3) is 3.78. The van der Waals surface area contributed by atoms with Crippen LogP contribution in [0.2, 0.25) is 0 Å². The highest BCUT2D eigenvalue weighted by molar-refractivity contribution is 7.09. The number of rotatable bonds is 5. The first-order chi connectivity index (χ1) is 8.24. The zero-order chi connectivity index (χ0) is 12.1. The van der Waals surface area contributed by atoms with Gasteiger partial charge < -0.3 is 5.32 Å². The highest BCUT2D eigenvalue weighted by atomic mass is 32.1. The standard InChI is InChI=1S/C12H14FN3S/c1-9-15-12(17-16-9)14-7-3-5-10-4-2-6-11(13)8-10/h2,4,6,8H,3,5,7H2,1H3,(H,14,15,16). The summed E-state index contributed by atoms with van der Waals surface area (Å²) >= 11 is 1.37. The van der Waals surface area contributed by atoms with E-state index in [1.807, 2.05) is 13.0 Å². The maximum Gasteiger partial charge on any atom is 0.202 e. The minimum Gasteiger partial charge on any atom is -0.360 e. The van der Waals surface area contributed by atoms with Crippen LogP contribution < -0.4 is 5.32 Å². The number of anilines is 1. The van der Waals surface area contributed by atoms with Crippen LogP contribution in [0.1, 0.15) is 17.8 Å². The third-order valence-electron chi connectivity index (χ3n) is 2.34. The van der Waals surface area contributed by atoms with Crippen molar-refractivity contribution in [1.29, 1.82) is 0 Å². The number of nitrogens with one attached hydrogen (secondary N) is 1. The molecule has 0 spiro atoms. The largest absolute Gasteiger partial charge is 0.360 e. The van der Waals surface area contributed by atoms with E-state index >= 15 is 0 Å². The maximum absolute atomic E-state index is 12.9. The topological polar surface area (TPSA) is 37.8 Å². The lowest BCUT2D eigenvalue weighted by Crippen LogP contribution is -2.02. The van der Waals surface area contributed by atoms with E-state index < -0.39 is 0 Å². The van der Waals surface area contributed by atoms with Crippen molar-refractivity contribution in [2.75, 3.05) is 11.9 Å². The van der Waals surface area contributed by atoms with Gasteiger partial charge in [0.15, 0.2) is 0 Å². The lowest BCUT2D eigenvalue weighted by molar-refractivity contribution is 0.624. The molecule has 0 fully saturated rings. The monoisotopic (exact) mass is 251 g/mol. The number of aromatic nitrogens is 2. The fraction of sp³-hybridized carbons (Fsp3) is 0.333. The summed E-state index contributed by atoms with van der Waals surface area (Å²) in [4.78, 5) is 4.21. The van der Waals surface area contributed by atoms with Crippen molar-refractivity contribution in [1.82, 2.24) is 9.36 Å². The minimum atomic E-state index is -0.171. The Morgan fingerprint density at radius 1 is 1.41 bits per heavy atom. The van der Waals surface area contributed by atoms with Crippen LogP contribution in [0.3, 0.4) is 0 Å². The van der Waals surface area contributed by atoms with Gasteiger partial charge in [-0.3, -0.25) is 0 Å². The quantitative estimate of drug-likeness (QED) is 0.830. The molecule has 0 radical (unpaired) electrons. The zero-order valence-electron chi connectivity index (χ0n) is 9.61. The van der Waals surface area contributed by atoms with Crippen molar-refractivity contribution < 1.29 is 4.39 Å². The highest BCUT2D eigenvalue weighted by Gasteiger charge is 1.99. The van der Waals surface area contributed by atoms with Gasteiger partial charge in [-0.25, -0.2) is 9.37 Å². The van der Waals surface area contributed by atoms with Gasteiger partial charge in [0.2, 0.25) is 5.13 Å². The van der Waals surface area contributed by atoms with E-state index in [-0.39, 0.29) is 5.82 Å². The molecule has 2 rings (SSSR count). The summed E-state index contributed by atoms with van der Waals surface area (Å²) < 4.78 is 17.0. The molecule has 3 nitrogen and oxygen atoms in total. The van der Waals surface area contributed by atoms with Crippen LogP contribution in [-0.4, -0.2) is 15.9 Å². The Labute approximate surface area is 104 Å². The molecule has 0 bridgehead atoms. The number of nitrogens with zero attached hydrogens (tertiary/aromatic N) is 2. The molecule has 1 N–H and O–H groups in total. The minimum absolute atomic E-state index is 0.171. The average molecular weight is 251 g/mol. The summed E-state index contributed by atoms with van der Waals surface area (Å²) in [7, 11) is 0. The Hall–Kier alpha value is -1.49. The van der Waals surface area contributed by atoms with E-state index in [0.717, 1.165) is 35.9 Å². The summed E-state index contributed by atoms with van der Waals surface area (Å²) in [6.07, 6.45) is 1.81. The van der Waals surface area contributed by atoms with Gasteiger partial charge in [0, 0.05) is 18.1 Å². The van der Waals surface area contributed by atoms with E-state index in [4.69, 9.17) is 0 Å². The molecule has 2 aromatic rings. The number of hydrogen-bond acceptors (Lipinski definition) is 4. The van der Waals surface area contributed by atoms with E-state index in [2.05, 4.69) is 14.7 Å². The Morgan fingerprint density at radius 2 is 2.29 bits per heavy atom. The molecule has 1 aromatic carbocycles. The van der Waals surface area contributed by atoms with Crippen LogP contribution in [0.5, 0.6) is 0 Å². The van der Waals surface area contributed by atoms with Gasteiger partial charge in [0.25, 0.3) is 0 Å². The molecule has 90 valence electrons. The van der Waals surface area contributed by atoms with E-state index in [1.54, 1.807) is 12.1 Å². The maximum atomic E-state index is 12.9. The number of benzene rings is 1. The molecule has 0 aliphatic carbocycles. The second-order valence-electron chi connectivity index (χ2n) is 3.81. The molecule has 5 heteroatoms. The van der Waals surface area contributed by atoms with Crippen molar-refractivity contribution >= 4 is 16.7 Å². The van der Waals surface area contributed by atoms with Crippen molar-refractivity contribution in [3.05, 3.63) is 41.5 Å². The molecule has 0 unspecified atom stereocenters. The molecule has 0 aliphatic heterocycles. The van der Waals surface area contributed by atoms with Gasteiger partial charge in [0.1, 0.15) is 11.6 Å². The van der Waals surface area contributed by atoms with Crippen LogP contribution >= 0.6 is 11.5 Å². The molecule has 0 atom stereocenters. The number of aryl methyl sites for hydroxylation is 2. The smallest absolute Gasteiger partial charge is 0.202 e. The Balaban J connectivity index is 1.73. The normalized spacial score (nSPS) is 10.5. The van der Waals surface area contributed by atoms with Gasteiger partial charge in [0.05, 0.1) is 0 Å². The van der Waals surface area contributed by atoms with Crippen molar-refractivity contribution in [2.45, 2.75) is 19.8 Å². The molecule has 1 heterocycles. The summed E-state index contributed by atoms with van der Waals surface area (Å²) in [5.74, 6) is 0.623. The SMILES string of the molecule is Cc1nsc(NCCCc2cccc(F)c2)n1. The van der Waals surface area contributed by atoms with Gasteiger partial charge >= 0.3 is 0 Å². The molecular formula is C12H14FN3S. The predicted octanol–water partition coefficient (Wildman–Crippen LogP) is 3.03. The molecule has 1 aromatic heterocycles. The molecule has 0 saturated carbocycles. The first-order valence-electron chi connectivity index (χ1n) is 5.52.